The van der Waals surface area contributed by atoms with Crippen molar-refractivity contribution in [2.75, 3.05) is 6.54 Å². The van der Waals surface area contributed by atoms with E-state index in [4.69, 9.17) is 5.26 Å². The Hall–Kier alpha value is -1.37. The number of nitrogens with zero attached hydrogens (tertiary/aromatic N) is 1. The van der Waals surface area contributed by atoms with Crippen molar-refractivity contribution in [2.45, 2.75) is 25.0 Å². The number of benzene rings is 1. The topological polar surface area (TPSA) is 56.0 Å². The summed E-state index contributed by atoms with van der Waals surface area (Å²) in [5.74, 6) is 0. The highest BCUT2D eigenvalue weighted by Gasteiger charge is 2.20. The molecule has 2 N–H and O–H groups in total. The Kier molecular flexibility index (Phi) is 3.00. The van der Waals surface area contributed by atoms with E-state index in [1.54, 1.807) is 0 Å². The molecule has 15 heavy (non-hydrogen) atoms. The predicted octanol–water partition coefficient (Wildman–Crippen LogP) is 1.34. The molecule has 1 aromatic rings. The molecular weight excluding hydrogens is 188 g/mol. The summed E-state index contributed by atoms with van der Waals surface area (Å²) in [6.45, 7) is 0.853. The number of aliphatic hydroxyl groups excluding tert-OH is 1. The quantitative estimate of drug-likeness (QED) is 0.722. The Bertz CT molecular complexity index is 366. The van der Waals surface area contributed by atoms with Crippen molar-refractivity contribution in [1.82, 2.24) is 5.32 Å². The van der Waals surface area contributed by atoms with Crippen LogP contribution in [0.3, 0.4) is 0 Å². The fourth-order valence-electron chi connectivity index (χ4n) is 1.94. The maximum atomic E-state index is 9.55. The van der Waals surface area contributed by atoms with Gasteiger partial charge in [-0.15, -0.1) is 0 Å². The first-order valence-electron chi connectivity index (χ1n) is 5.21. The van der Waals surface area contributed by atoms with E-state index in [0.29, 0.717) is 5.56 Å². The molecule has 0 bridgehead atoms. The Morgan fingerprint density at radius 1 is 1.33 bits per heavy atom. The maximum absolute atomic E-state index is 9.55. The average Bonchev–Trinajstić information content (AvgIpc) is 2.29. The molecule has 0 saturated carbocycles. The van der Waals surface area contributed by atoms with Crippen molar-refractivity contribution in [3.05, 3.63) is 35.4 Å². The van der Waals surface area contributed by atoms with Crippen LogP contribution in [-0.4, -0.2) is 17.8 Å². The molecule has 78 valence electrons. The molecule has 0 aromatic heterocycles. The largest absolute Gasteiger partial charge is 0.393 e. The lowest BCUT2D eigenvalue weighted by atomic mass is 9.95. The second-order valence-electron chi connectivity index (χ2n) is 3.92. The smallest absolute Gasteiger partial charge is 0.0991 e. The summed E-state index contributed by atoms with van der Waals surface area (Å²) in [5.41, 5.74) is 1.82. The van der Waals surface area contributed by atoms with Gasteiger partial charge in [-0.1, -0.05) is 12.1 Å². The zero-order valence-electron chi connectivity index (χ0n) is 8.48. The lowest BCUT2D eigenvalue weighted by Gasteiger charge is -2.27. The Balaban J connectivity index is 2.12. The molecular formula is C12H14N2O. The minimum Gasteiger partial charge on any atom is -0.393 e. The lowest BCUT2D eigenvalue weighted by molar-refractivity contribution is 0.117. The first kappa shape index (κ1) is 10.2. The third kappa shape index (κ3) is 2.35. The van der Waals surface area contributed by atoms with Gasteiger partial charge in [0.2, 0.25) is 0 Å². The van der Waals surface area contributed by atoms with E-state index in [0.717, 1.165) is 24.9 Å². The van der Waals surface area contributed by atoms with E-state index in [9.17, 15) is 5.11 Å². The summed E-state index contributed by atoms with van der Waals surface area (Å²) in [4.78, 5) is 0. The number of nitrogens with one attached hydrogen (secondary N) is 1. The molecule has 0 aliphatic carbocycles. The second kappa shape index (κ2) is 4.43. The van der Waals surface area contributed by atoms with E-state index >= 15 is 0 Å². The average molecular weight is 202 g/mol. The fourth-order valence-corrected chi connectivity index (χ4v) is 1.94. The molecule has 0 unspecified atom stereocenters. The molecule has 3 heteroatoms. The molecule has 2 atom stereocenters. The molecule has 0 amide bonds. The van der Waals surface area contributed by atoms with Crippen LogP contribution in [0.2, 0.25) is 0 Å². The summed E-state index contributed by atoms with van der Waals surface area (Å²) in [7, 11) is 0. The molecule has 1 saturated heterocycles. The van der Waals surface area contributed by atoms with Gasteiger partial charge in [0, 0.05) is 6.04 Å². The Morgan fingerprint density at radius 2 is 2.07 bits per heavy atom. The SMILES string of the molecule is N#Cc1ccc([C@H]2C[C@H](O)CCN2)cc1. The third-order valence-corrected chi connectivity index (χ3v) is 2.82. The van der Waals surface area contributed by atoms with Crippen LogP contribution < -0.4 is 5.32 Å². The zero-order valence-corrected chi connectivity index (χ0v) is 8.48. The first-order chi connectivity index (χ1) is 7.29. The van der Waals surface area contributed by atoms with Crippen molar-refractivity contribution in [2.24, 2.45) is 0 Å². The van der Waals surface area contributed by atoms with Crippen LogP contribution in [0.15, 0.2) is 24.3 Å². The summed E-state index contributed by atoms with van der Waals surface area (Å²) >= 11 is 0. The van der Waals surface area contributed by atoms with Crippen molar-refractivity contribution < 1.29 is 5.11 Å². The minimum atomic E-state index is -0.202. The van der Waals surface area contributed by atoms with E-state index in [1.807, 2.05) is 24.3 Å². The highest BCUT2D eigenvalue weighted by atomic mass is 16.3. The number of hydrogen-bond donors (Lipinski definition) is 2. The Labute approximate surface area is 89.4 Å². The zero-order chi connectivity index (χ0) is 10.7. The van der Waals surface area contributed by atoms with Crippen molar-refractivity contribution in [1.29, 1.82) is 5.26 Å². The van der Waals surface area contributed by atoms with Gasteiger partial charge in [0.15, 0.2) is 0 Å². The summed E-state index contributed by atoms with van der Waals surface area (Å²) in [6.07, 6.45) is 1.38. The molecule has 1 aliphatic heterocycles. The highest BCUT2D eigenvalue weighted by molar-refractivity contribution is 5.33. The Morgan fingerprint density at radius 3 is 2.67 bits per heavy atom. The maximum Gasteiger partial charge on any atom is 0.0991 e. The molecule has 3 nitrogen and oxygen atoms in total. The van der Waals surface area contributed by atoms with Gasteiger partial charge in [-0.3, -0.25) is 0 Å². The van der Waals surface area contributed by atoms with Crippen LogP contribution in [0.5, 0.6) is 0 Å². The van der Waals surface area contributed by atoms with Crippen LogP contribution in [0, 0.1) is 11.3 Å². The van der Waals surface area contributed by atoms with Gasteiger partial charge >= 0.3 is 0 Å². The van der Waals surface area contributed by atoms with Crippen molar-refractivity contribution in [3.63, 3.8) is 0 Å². The van der Waals surface area contributed by atoms with Crippen LogP contribution in [0.1, 0.15) is 30.0 Å². The van der Waals surface area contributed by atoms with Gasteiger partial charge in [0.05, 0.1) is 17.7 Å². The molecule has 1 heterocycles. The number of hydrogen-bond acceptors (Lipinski definition) is 3. The van der Waals surface area contributed by atoms with Crippen molar-refractivity contribution in [3.8, 4) is 6.07 Å². The van der Waals surface area contributed by atoms with Crippen LogP contribution in [-0.2, 0) is 0 Å². The number of aliphatic hydroxyl groups is 1. The second-order valence-corrected chi connectivity index (χ2v) is 3.92. The predicted molar refractivity (Wildman–Crippen MR) is 57.1 cm³/mol. The van der Waals surface area contributed by atoms with Gasteiger partial charge in [0.1, 0.15) is 0 Å². The first-order valence-corrected chi connectivity index (χ1v) is 5.21. The summed E-state index contributed by atoms with van der Waals surface area (Å²) in [5, 5.41) is 21.6. The van der Waals surface area contributed by atoms with E-state index in [-0.39, 0.29) is 12.1 Å². The normalized spacial score (nSPS) is 25.9. The molecule has 0 spiro atoms. The van der Waals surface area contributed by atoms with Crippen LogP contribution in [0.4, 0.5) is 0 Å². The van der Waals surface area contributed by atoms with Gasteiger partial charge < -0.3 is 10.4 Å². The van der Waals surface area contributed by atoms with Crippen LogP contribution in [0.25, 0.3) is 0 Å². The lowest BCUT2D eigenvalue weighted by Crippen LogP contribution is -2.34. The van der Waals surface area contributed by atoms with Crippen molar-refractivity contribution >= 4 is 0 Å². The monoisotopic (exact) mass is 202 g/mol. The minimum absolute atomic E-state index is 0.202. The van der Waals surface area contributed by atoms with E-state index in [2.05, 4.69) is 11.4 Å². The molecule has 0 radical (unpaired) electrons. The molecule has 1 aliphatic rings. The number of nitriles is 1. The standard InChI is InChI=1S/C12H14N2O/c13-8-9-1-3-10(4-2-9)12-7-11(15)5-6-14-12/h1-4,11-12,14-15H,5-7H2/t11-,12-/m1/s1. The number of piperidine rings is 1. The molecule has 2 rings (SSSR count). The summed E-state index contributed by atoms with van der Waals surface area (Å²) in [6, 6.07) is 9.86. The van der Waals surface area contributed by atoms with Gasteiger partial charge in [-0.2, -0.15) is 5.26 Å². The van der Waals surface area contributed by atoms with Gasteiger partial charge in [-0.25, -0.2) is 0 Å². The highest BCUT2D eigenvalue weighted by Crippen LogP contribution is 2.23. The van der Waals surface area contributed by atoms with Gasteiger partial charge in [0.25, 0.3) is 0 Å². The van der Waals surface area contributed by atoms with E-state index in [1.165, 1.54) is 0 Å². The molecule has 1 fully saturated rings. The third-order valence-electron chi connectivity index (χ3n) is 2.82. The summed E-state index contributed by atoms with van der Waals surface area (Å²) < 4.78 is 0. The van der Waals surface area contributed by atoms with E-state index < -0.39 is 0 Å². The van der Waals surface area contributed by atoms with Crippen LogP contribution >= 0.6 is 0 Å². The fraction of sp³-hybridized carbons (Fsp3) is 0.417. The van der Waals surface area contributed by atoms with Gasteiger partial charge in [-0.05, 0) is 37.1 Å². The molecule has 1 aromatic carbocycles. The number of rotatable bonds is 1.